The van der Waals surface area contributed by atoms with Gasteiger partial charge in [0, 0.05) is 19.3 Å². The van der Waals surface area contributed by atoms with Crippen LogP contribution in [0.1, 0.15) is 11.4 Å². The van der Waals surface area contributed by atoms with Crippen molar-refractivity contribution in [2.45, 2.75) is 0 Å². The number of nitrogens with one attached hydrogen (secondary N) is 1. The molecule has 2 amide bonds. The number of nitrogens with zero attached hydrogens (tertiary/aromatic N) is 4. The average molecular weight is 245 g/mol. The third-order valence-electron chi connectivity index (χ3n) is 1.93. The van der Waals surface area contributed by atoms with Gasteiger partial charge in [-0.15, -0.1) is 0 Å². The first kappa shape index (κ1) is 13.1. The van der Waals surface area contributed by atoms with Gasteiger partial charge in [0.15, 0.2) is 11.4 Å². The van der Waals surface area contributed by atoms with Gasteiger partial charge in [-0.25, -0.2) is 4.90 Å². The van der Waals surface area contributed by atoms with Crippen molar-refractivity contribution in [1.29, 1.82) is 10.5 Å². The predicted molar refractivity (Wildman–Crippen MR) is 57.8 cm³/mol. The number of H-pyrrole nitrogens is 1. The third kappa shape index (κ3) is 2.09. The molecule has 0 fully saturated rings. The van der Waals surface area contributed by atoms with Crippen LogP contribution in [0.15, 0.2) is 12.2 Å². The highest BCUT2D eigenvalue weighted by atomic mass is 16.2. The summed E-state index contributed by atoms with van der Waals surface area (Å²) in [5.41, 5.74) is -0.227. The molecule has 90 valence electrons. The summed E-state index contributed by atoms with van der Waals surface area (Å²) in [7, 11) is 1.00. The Hall–Kier alpha value is -2.97. The van der Waals surface area contributed by atoms with Gasteiger partial charge in [-0.05, 0) is 0 Å². The number of aromatic amines is 1. The first-order valence-corrected chi connectivity index (χ1v) is 4.58. The van der Waals surface area contributed by atoms with Crippen molar-refractivity contribution >= 4 is 17.8 Å². The highest BCUT2D eigenvalue weighted by Crippen LogP contribution is 2.16. The van der Waals surface area contributed by atoms with Crippen molar-refractivity contribution < 1.29 is 14.7 Å². The Kier molecular flexibility index (Phi) is 3.92. The largest absolute Gasteiger partial charge is 0.400 e. The first-order chi connectivity index (χ1) is 8.67. The molecule has 0 bridgehead atoms. The Morgan fingerprint density at radius 2 is 1.78 bits per heavy atom. The van der Waals surface area contributed by atoms with Crippen molar-refractivity contribution in [3.63, 3.8) is 0 Å². The van der Waals surface area contributed by atoms with E-state index in [1.807, 2.05) is 0 Å². The smallest absolute Gasteiger partial charge is 0.260 e. The lowest BCUT2D eigenvalue weighted by molar-refractivity contribution is -0.120. The van der Waals surface area contributed by atoms with Crippen LogP contribution in [0.25, 0.3) is 0 Å². The Labute approximate surface area is 101 Å². The number of nitriles is 2. The van der Waals surface area contributed by atoms with Crippen LogP contribution in [-0.4, -0.2) is 34.0 Å². The molecule has 18 heavy (non-hydrogen) atoms. The third-order valence-corrected chi connectivity index (χ3v) is 1.93. The maximum Gasteiger partial charge on any atom is 0.260 e. The van der Waals surface area contributed by atoms with Gasteiger partial charge in [-0.3, -0.25) is 9.59 Å². The summed E-state index contributed by atoms with van der Waals surface area (Å²) in [6.07, 6.45) is 2.17. The number of hydrogen-bond donors (Lipinski definition) is 2. The normalized spacial score (nSPS) is 12.8. The summed E-state index contributed by atoms with van der Waals surface area (Å²) in [4.78, 5) is 29.4. The fourth-order valence-corrected chi connectivity index (χ4v) is 1.24. The van der Waals surface area contributed by atoms with Crippen LogP contribution in [0.2, 0.25) is 0 Å². The van der Waals surface area contributed by atoms with Crippen LogP contribution in [-0.2, 0) is 9.59 Å². The Balaban J connectivity index is 0.000000771. The molecule has 2 N–H and O–H groups in total. The second kappa shape index (κ2) is 5.39. The quantitative estimate of drug-likeness (QED) is 0.621. The molecule has 1 aliphatic heterocycles. The summed E-state index contributed by atoms with van der Waals surface area (Å²) in [6.45, 7) is 0. The molecule has 8 nitrogen and oxygen atoms in total. The van der Waals surface area contributed by atoms with Crippen LogP contribution < -0.4 is 4.90 Å². The van der Waals surface area contributed by atoms with E-state index in [0.717, 1.165) is 24.2 Å². The lowest BCUT2D eigenvalue weighted by atomic mass is 10.4. The molecule has 0 saturated carbocycles. The van der Waals surface area contributed by atoms with Gasteiger partial charge in [0.25, 0.3) is 11.8 Å². The second-order valence-corrected chi connectivity index (χ2v) is 2.85. The number of imide groups is 1. The molecule has 0 aromatic carbocycles. The van der Waals surface area contributed by atoms with E-state index in [4.69, 9.17) is 15.6 Å². The molecule has 8 heteroatoms. The summed E-state index contributed by atoms with van der Waals surface area (Å²) in [5, 5.41) is 24.3. The number of anilines is 1. The van der Waals surface area contributed by atoms with Crippen LogP contribution in [0.5, 0.6) is 0 Å². The van der Waals surface area contributed by atoms with Gasteiger partial charge in [0.2, 0.25) is 5.95 Å². The molecule has 1 aromatic heterocycles. The van der Waals surface area contributed by atoms with E-state index < -0.39 is 11.8 Å². The minimum Gasteiger partial charge on any atom is -0.400 e. The number of aromatic nitrogens is 2. The fourth-order valence-electron chi connectivity index (χ4n) is 1.24. The number of aliphatic hydroxyl groups excluding tert-OH is 1. The van der Waals surface area contributed by atoms with E-state index in [-0.39, 0.29) is 17.3 Å². The summed E-state index contributed by atoms with van der Waals surface area (Å²) < 4.78 is 0. The van der Waals surface area contributed by atoms with Crippen LogP contribution >= 0.6 is 0 Å². The molecule has 0 saturated heterocycles. The monoisotopic (exact) mass is 245 g/mol. The van der Waals surface area contributed by atoms with Crippen molar-refractivity contribution in [3.05, 3.63) is 23.5 Å². The molecule has 1 aromatic rings. The van der Waals surface area contributed by atoms with E-state index in [2.05, 4.69) is 9.97 Å². The van der Waals surface area contributed by atoms with Gasteiger partial charge < -0.3 is 10.1 Å². The summed E-state index contributed by atoms with van der Waals surface area (Å²) >= 11 is 0. The molecule has 2 heterocycles. The van der Waals surface area contributed by atoms with E-state index in [1.165, 1.54) is 0 Å². The number of aliphatic hydroxyl groups is 1. The van der Waals surface area contributed by atoms with Crippen molar-refractivity contribution in [1.82, 2.24) is 9.97 Å². The van der Waals surface area contributed by atoms with Gasteiger partial charge in [0.1, 0.15) is 12.1 Å². The van der Waals surface area contributed by atoms with Crippen LogP contribution in [0, 0.1) is 22.7 Å². The molecular formula is C10H7N5O3. The van der Waals surface area contributed by atoms with E-state index >= 15 is 0 Å². The maximum absolute atomic E-state index is 11.3. The topological polar surface area (TPSA) is 134 Å². The second-order valence-electron chi connectivity index (χ2n) is 2.85. The SMILES string of the molecule is CO.N#Cc1nc(N2C(=O)C=CC2=O)[nH]c1C#N. The highest BCUT2D eigenvalue weighted by molar-refractivity contribution is 6.27. The summed E-state index contributed by atoms with van der Waals surface area (Å²) in [5.74, 6) is -1.24. The van der Waals surface area contributed by atoms with Gasteiger partial charge in [0.05, 0.1) is 0 Å². The first-order valence-electron chi connectivity index (χ1n) is 4.58. The number of rotatable bonds is 1. The lowest BCUT2D eigenvalue weighted by Gasteiger charge is -2.08. The zero-order valence-electron chi connectivity index (χ0n) is 9.21. The fraction of sp³-hybridized carbons (Fsp3) is 0.100. The Morgan fingerprint density at radius 3 is 2.17 bits per heavy atom. The van der Waals surface area contributed by atoms with Crippen molar-refractivity contribution in [2.24, 2.45) is 0 Å². The molecule has 0 radical (unpaired) electrons. The molecule has 0 aliphatic carbocycles. The molecule has 0 spiro atoms. The number of carbonyl (C=O) groups excluding carboxylic acids is 2. The van der Waals surface area contributed by atoms with Gasteiger partial charge in [-0.2, -0.15) is 15.5 Å². The maximum atomic E-state index is 11.3. The minimum atomic E-state index is -0.562. The number of hydrogen-bond acceptors (Lipinski definition) is 6. The average Bonchev–Trinajstić information content (AvgIpc) is 2.95. The molecule has 0 unspecified atom stereocenters. The molecule has 2 rings (SSSR count). The van der Waals surface area contributed by atoms with Crippen LogP contribution in [0.3, 0.4) is 0 Å². The standard InChI is InChI=1S/C9H3N5O2.CH4O/c10-3-5-6(4-11)13-9(12-5)14-7(15)1-2-8(14)16;1-2/h1-2H,(H,12,13);2H,1H3. The molecule has 1 aliphatic rings. The predicted octanol–water partition coefficient (Wildman–Crippen LogP) is -0.809. The van der Waals surface area contributed by atoms with Gasteiger partial charge >= 0.3 is 0 Å². The van der Waals surface area contributed by atoms with Gasteiger partial charge in [-0.1, -0.05) is 0 Å². The van der Waals surface area contributed by atoms with Crippen LogP contribution in [0.4, 0.5) is 5.95 Å². The number of carbonyl (C=O) groups is 2. The van der Waals surface area contributed by atoms with E-state index in [9.17, 15) is 9.59 Å². The molecular weight excluding hydrogens is 238 g/mol. The Bertz CT molecular complexity index is 553. The highest BCUT2D eigenvalue weighted by Gasteiger charge is 2.28. The number of amides is 2. The minimum absolute atomic E-state index is 0.0787. The summed E-state index contributed by atoms with van der Waals surface area (Å²) in [6, 6.07) is 3.40. The van der Waals surface area contributed by atoms with E-state index in [1.54, 1.807) is 12.1 Å². The Morgan fingerprint density at radius 1 is 1.22 bits per heavy atom. The van der Waals surface area contributed by atoms with Crippen molar-refractivity contribution in [3.8, 4) is 12.1 Å². The molecule has 0 atom stereocenters. The lowest BCUT2D eigenvalue weighted by Crippen LogP contribution is -2.30. The van der Waals surface area contributed by atoms with Crippen molar-refractivity contribution in [2.75, 3.05) is 12.0 Å². The zero-order chi connectivity index (χ0) is 13.7. The zero-order valence-corrected chi connectivity index (χ0v) is 9.21. The van der Waals surface area contributed by atoms with E-state index in [0.29, 0.717) is 0 Å². The number of imidazole rings is 1.